The molecule has 1 heterocycles. The maximum atomic E-state index is 13.9. The van der Waals surface area contributed by atoms with E-state index in [4.69, 9.17) is 0 Å². The Morgan fingerprint density at radius 3 is 2.58 bits per heavy atom. The average Bonchev–Trinajstić information content (AvgIpc) is 3.28. The molecule has 1 amide bonds. The molecule has 0 saturated heterocycles. The van der Waals surface area contributed by atoms with Crippen molar-refractivity contribution in [2.45, 2.75) is 12.8 Å². The number of benzene rings is 3. The summed E-state index contributed by atoms with van der Waals surface area (Å²) < 4.78 is 59.9. The van der Waals surface area contributed by atoms with Crippen molar-refractivity contribution >= 4 is 56.3 Å². The van der Waals surface area contributed by atoms with Crippen LogP contribution in [0.5, 0.6) is 0 Å². The van der Waals surface area contributed by atoms with Gasteiger partial charge in [-0.25, -0.2) is 17.3 Å². The van der Waals surface area contributed by atoms with E-state index >= 15 is 0 Å². The minimum absolute atomic E-state index is 0.0661. The fourth-order valence-electron chi connectivity index (χ4n) is 3.52. The summed E-state index contributed by atoms with van der Waals surface area (Å²) in [4.78, 5) is 13.1. The average molecular weight is 593 g/mol. The van der Waals surface area contributed by atoms with Crippen molar-refractivity contribution < 1.29 is 22.3 Å². The molecule has 0 aliphatic carbocycles. The summed E-state index contributed by atoms with van der Waals surface area (Å²) in [6, 6.07) is 17.4. The number of rotatable bonds is 9. The summed E-state index contributed by atoms with van der Waals surface area (Å²) in [5.74, 6) is -1.76. The van der Waals surface area contributed by atoms with Gasteiger partial charge >= 0.3 is 0 Å². The summed E-state index contributed by atoms with van der Waals surface area (Å²) in [5, 5.41) is 2.69. The van der Waals surface area contributed by atoms with Gasteiger partial charge in [-0.1, -0.05) is 52.3 Å². The van der Waals surface area contributed by atoms with Gasteiger partial charge in [0.1, 0.15) is 17.3 Å². The Morgan fingerprint density at radius 2 is 1.86 bits per heavy atom. The molecular weight excluding hydrogens is 574 g/mol. The van der Waals surface area contributed by atoms with Crippen LogP contribution >= 0.6 is 27.7 Å². The van der Waals surface area contributed by atoms with Crippen LogP contribution in [0.2, 0.25) is 0 Å². The molecule has 1 atom stereocenters. The van der Waals surface area contributed by atoms with Crippen LogP contribution in [-0.4, -0.2) is 30.0 Å². The molecule has 4 aromatic rings. The van der Waals surface area contributed by atoms with Gasteiger partial charge in [-0.05, 0) is 41.8 Å². The largest absolute Gasteiger partial charge is 0.352 e. The van der Waals surface area contributed by atoms with E-state index < -0.39 is 28.8 Å². The molecule has 0 aliphatic rings. The summed E-state index contributed by atoms with van der Waals surface area (Å²) in [7, 11) is 0. The molecule has 0 radical (unpaired) electrons. The van der Waals surface area contributed by atoms with E-state index in [-0.39, 0.29) is 35.6 Å². The van der Waals surface area contributed by atoms with Gasteiger partial charge in [0, 0.05) is 23.5 Å². The first-order chi connectivity index (χ1) is 17.3. The maximum Gasteiger partial charge on any atom is 0.268 e. The van der Waals surface area contributed by atoms with E-state index in [0.717, 1.165) is 33.7 Å². The first-order valence-corrected chi connectivity index (χ1v) is 13.2. The summed E-state index contributed by atoms with van der Waals surface area (Å²) in [6.45, 7) is 0.0661. The van der Waals surface area contributed by atoms with Gasteiger partial charge < -0.3 is 5.32 Å². The zero-order chi connectivity index (χ0) is 25.7. The molecule has 0 fully saturated rings. The summed E-state index contributed by atoms with van der Waals surface area (Å²) >= 11 is 1.67. The second-order valence-electron chi connectivity index (χ2n) is 7.63. The van der Waals surface area contributed by atoms with Crippen molar-refractivity contribution in [3.63, 3.8) is 0 Å². The van der Waals surface area contributed by atoms with Gasteiger partial charge in [-0.15, -0.1) is 0 Å². The Balaban J connectivity index is 1.60. The Labute approximate surface area is 221 Å². The minimum atomic E-state index is -2.58. The minimum Gasteiger partial charge on any atom is -0.352 e. The molecule has 3 aromatic carbocycles. The van der Waals surface area contributed by atoms with Crippen LogP contribution in [0.25, 0.3) is 0 Å². The topological polar surface area (TPSA) is 95.4 Å². The van der Waals surface area contributed by atoms with Gasteiger partial charge in [-0.2, -0.15) is 8.75 Å². The molecule has 4 rings (SSSR count). The third-order valence-corrected chi connectivity index (χ3v) is 6.95. The van der Waals surface area contributed by atoms with Crippen molar-refractivity contribution in [2.24, 2.45) is 0 Å². The van der Waals surface area contributed by atoms with Crippen LogP contribution in [0.1, 0.15) is 27.2 Å². The monoisotopic (exact) mass is 592 g/mol. The lowest BCUT2D eigenvalue weighted by atomic mass is 10.1. The molecular formula is C24H19BrF2N4O3S2. The van der Waals surface area contributed by atoms with Gasteiger partial charge in [0.25, 0.3) is 17.2 Å². The van der Waals surface area contributed by atoms with Crippen molar-refractivity contribution in [1.29, 1.82) is 0 Å². The smallest absolute Gasteiger partial charge is 0.268 e. The lowest BCUT2D eigenvalue weighted by molar-refractivity contribution is 0.0954. The number of aromatic nitrogens is 2. The normalized spacial score (nSPS) is 11.8. The van der Waals surface area contributed by atoms with Crippen LogP contribution in [0.15, 0.2) is 71.2 Å². The molecule has 0 aliphatic heterocycles. The third-order valence-electron chi connectivity index (χ3n) is 5.22. The van der Waals surface area contributed by atoms with Gasteiger partial charge in [0.2, 0.25) is 0 Å². The molecule has 2 N–H and O–H groups in total. The first-order valence-electron chi connectivity index (χ1n) is 10.6. The van der Waals surface area contributed by atoms with Crippen LogP contribution < -0.4 is 9.62 Å². The molecule has 0 bridgehead atoms. The standard InChI is InChI=1S/C24H19BrF2N4O3S2/c25-17-7-9-19(24(32)28-11-10-16-6-8-18(26)14-20(16)27)22(13-17)31(36(33)34)23-21(29-35-30-23)12-15-4-2-1-3-5-15/h1-9,13-14H,10-12H2,(H,28,32)(H,33,34). The highest BCUT2D eigenvalue weighted by atomic mass is 79.9. The molecule has 186 valence electrons. The van der Waals surface area contributed by atoms with E-state index in [0.29, 0.717) is 16.6 Å². The number of nitrogens with zero attached hydrogens (tertiary/aromatic N) is 3. The van der Waals surface area contributed by atoms with Crippen molar-refractivity contribution in [3.05, 3.63) is 105 Å². The second-order valence-corrected chi connectivity index (χ2v) is 9.90. The molecule has 12 heteroatoms. The molecule has 0 saturated carbocycles. The first kappa shape index (κ1) is 26.0. The zero-order valence-electron chi connectivity index (χ0n) is 18.5. The van der Waals surface area contributed by atoms with Crippen molar-refractivity contribution in [2.75, 3.05) is 10.8 Å². The number of hydrogen-bond acceptors (Lipinski definition) is 5. The fraction of sp³-hybridized carbons (Fsp3) is 0.125. The predicted molar refractivity (Wildman–Crippen MR) is 139 cm³/mol. The van der Waals surface area contributed by atoms with Gasteiger partial charge in [0.05, 0.1) is 23.0 Å². The SMILES string of the molecule is O=C(NCCc1ccc(F)cc1F)c1ccc(Br)cc1N(c1nsnc1Cc1ccccc1)S(=O)O. The Morgan fingerprint density at radius 1 is 1.08 bits per heavy atom. The number of carbonyl (C=O) groups is 1. The van der Waals surface area contributed by atoms with E-state index in [2.05, 4.69) is 30.0 Å². The number of anilines is 2. The number of hydrogen-bond donors (Lipinski definition) is 2. The quantitative estimate of drug-likeness (QED) is 0.253. The lowest BCUT2D eigenvalue weighted by Gasteiger charge is -2.21. The molecule has 36 heavy (non-hydrogen) atoms. The number of carbonyl (C=O) groups excluding carboxylic acids is 1. The molecule has 1 unspecified atom stereocenters. The summed E-state index contributed by atoms with van der Waals surface area (Å²) in [6.07, 6.45) is 0.510. The highest BCUT2D eigenvalue weighted by Gasteiger charge is 2.27. The van der Waals surface area contributed by atoms with Crippen LogP contribution in [0.3, 0.4) is 0 Å². The van der Waals surface area contributed by atoms with E-state index in [1.807, 2.05) is 30.3 Å². The Bertz CT molecular complexity index is 1410. The van der Waals surface area contributed by atoms with Crippen LogP contribution in [-0.2, 0) is 24.1 Å². The van der Waals surface area contributed by atoms with Crippen LogP contribution in [0, 0.1) is 11.6 Å². The van der Waals surface area contributed by atoms with E-state index in [1.54, 1.807) is 6.07 Å². The second kappa shape index (κ2) is 11.8. The molecule has 0 spiro atoms. The van der Waals surface area contributed by atoms with Crippen LogP contribution in [0.4, 0.5) is 20.3 Å². The summed E-state index contributed by atoms with van der Waals surface area (Å²) in [5.41, 5.74) is 1.92. The fourth-order valence-corrected chi connectivity index (χ4v) is 5.09. The highest BCUT2D eigenvalue weighted by Crippen LogP contribution is 2.34. The number of nitrogens with one attached hydrogen (secondary N) is 1. The molecule has 7 nitrogen and oxygen atoms in total. The Hall–Kier alpha value is -3.06. The lowest BCUT2D eigenvalue weighted by Crippen LogP contribution is -2.29. The number of amides is 1. The highest BCUT2D eigenvalue weighted by molar-refractivity contribution is 9.10. The van der Waals surface area contributed by atoms with E-state index in [9.17, 15) is 22.3 Å². The van der Waals surface area contributed by atoms with Gasteiger partial charge in [0.15, 0.2) is 5.82 Å². The zero-order valence-corrected chi connectivity index (χ0v) is 21.7. The Kier molecular flexibility index (Phi) is 8.52. The van der Waals surface area contributed by atoms with E-state index in [1.165, 1.54) is 18.2 Å². The predicted octanol–water partition coefficient (Wildman–Crippen LogP) is 5.42. The third kappa shape index (κ3) is 6.19. The number of halogens is 3. The van der Waals surface area contributed by atoms with Crippen molar-refractivity contribution in [3.8, 4) is 0 Å². The van der Waals surface area contributed by atoms with Gasteiger partial charge in [-0.3, -0.25) is 9.35 Å². The van der Waals surface area contributed by atoms with Crippen molar-refractivity contribution in [1.82, 2.24) is 14.1 Å². The molecule has 1 aromatic heterocycles. The maximum absolute atomic E-state index is 13.9.